The first-order valence-electron chi connectivity index (χ1n) is 10.1. The molecule has 7 nitrogen and oxygen atoms in total. The number of carbonyl (C=O) groups is 1. The van der Waals surface area contributed by atoms with Crippen molar-refractivity contribution in [3.05, 3.63) is 42.2 Å². The van der Waals surface area contributed by atoms with Crippen LogP contribution >= 0.6 is 12.4 Å². The summed E-state index contributed by atoms with van der Waals surface area (Å²) in [6, 6.07) is 9.75. The van der Waals surface area contributed by atoms with Crippen LogP contribution in [0, 0.1) is 0 Å². The second-order valence-electron chi connectivity index (χ2n) is 6.98. The van der Waals surface area contributed by atoms with E-state index in [1.54, 1.807) is 10.9 Å². The van der Waals surface area contributed by atoms with Crippen LogP contribution in [-0.2, 0) is 4.74 Å². The number of ether oxygens (including phenoxy) is 2. The lowest BCUT2D eigenvalue weighted by molar-refractivity contribution is 0.00819. The predicted octanol–water partition coefficient (Wildman–Crippen LogP) is 3.05. The van der Waals surface area contributed by atoms with Gasteiger partial charge in [-0.05, 0) is 44.4 Å². The van der Waals surface area contributed by atoms with Gasteiger partial charge in [-0.2, -0.15) is 5.10 Å². The van der Waals surface area contributed by atoms with Gasteiger partial charge < -0.3 is 20.1 Å². The molecular weight excluding hydrogens is 392 g/mol. The summed E-state index contributed by atoms with van der Waals surface area (Å²) < 4.78 is 13.4. The van der Waals surface area contributed by atoms with Crippen molar-refractivity contribution >= 4 is 18.3 Å². The normalized spacial score (nSPS) is 14.5. The van der Waals surface area contributed by atoms with Crippen LogP contribution in [0.3, 0.4) is 0 Å². The molecule has 1 aliphatic rings. The highest BCUT2D eigenvalue weighted by molar-refractivity contribution is 5.95. The van der Waals surface area contributed by atoms with Gasteiger partial charge in [-0.3, -0.25) is 4.79 Å². The molecule has 1 amide bonds. The van der Waals surface area contributed by atoms with Crippen molar-refractivity contribution in [2.24, 2.45) is 5.73 Å². The van der Waals surface area contributed by atoms with Crippen molar-refractivity contribution < 1.29 is 14.3 Å². The SMILES string of the molecule is CCCOc1cn(-c2ccccc2)nc1C(=O)N1CCC(OCCCN)CC1.Cl. The highest BCUT2D eigenvalue weighted by Crippen LogP contribution is 2.24. The van der Waals surface area contributed by atoms with E-state index >= 15 is 0 Å². The van der Waals surface area contributed by atoms with Crippen LogP contribution in [0.2, 0.25) is 0 Å². The maximum atomic E-state index is 13.1. The summed E-state index contributed by atoms with van der Waals surface area (Å²) in [7, 11) is 0. The number of likely N-dealkylation sites (tertiary alicyclic amines) is 1. The number of nitrogens with two attached hydrogens (primary N) is 1. The number of benzene rings is 1. The van der Waals surface area contributed by atoms with E-state index in [9.17, 15) is 4.79 Å². The van der Waals surface area contributed by atoms with Gasteiger partial charge in [0.25, 0.3) is 5.91 Å². The number of hydrogen-bond acceptors (Lipinski definition) is 5. The molecule has 29 heavy (non-hydrogen) atoms. The van der Waals surface area contributed by atoms with Gasteiger partial charge in [0.2, 0.25) is 0 Å². The molecule has 1 aromatic carbocycles. The maximum Gasteiger partial charge on any atom is 0.278 e. The smallest absolute Gasteiger partial charge is 0.278 e. The lowest BCUT2D eigenvalue weighted by Crippen LogP contribution is -2.41. The third-order valence-corrected chi connectivity index (χ3v) is 4.80. The van der Waals surface area contributed by atoms with E-state index < -0.39 is 0 Å². The zero-order valence-electron chi connectivity index (χ0n) is 17.0. The Morgan fingerprint density at radius 1 is 1.21 bits per heavy atom. The molecule has 1 aromatic heterocycles. The van der Waals surface area contributed by atoms with Crippen LogP contribution in [0.1, 0.15) is 43.1 Å². The molecule has 2 heterocycles. The van der Waals surface area contributed by atoms with Crippen molar-refractivity contribution in [3.63, 3.8) is 0 Å². The molecule has 0 unspecified atom stereocenters. The largest absolute Gasteiger partial charge is 0.489 e. The Hall–Kier alpha value is -2.09. The van der Waals surface area contributed by atoms with Crippen molar-refractivity contribution in [3.8, 4) is 11.4 Å². The van der Waals surface area contributed by atoms with E-state index in [0.717, 1.165) is 31.4 Å². The Labute approximate surface area is 178 Å². The Balaban J connectivity index is 0.00000300. The fraction of sp³-hybridized carbons (Fsp3) is 0.524. The summed E-state index contributed by atoms with van der Waals surface area (Å²) in [6.07, 6.45) is 5.40. The van der Waals surface area contributed by atoms with Crippen molar-refractivity contribution in [2.75, 3.05) is 32.8 Å². The number of nitrogens with zero attached hydrogens (tertiary/aromatic N) is 3. The molecule has 0 spiro atoms. The molecule has 0 saturated carbocycles. The van der Waals surface area contributed by atoms with Crippen LogP contribution < -0.4 is 10.5 Å². The molecule has 2 N–H and O–H groups in total. The van der Waals surface area contributed by atoms with E-state index in [1.807, 2.05) is 42.2 Å². The molecule has 0 aliphatic carbocycles. The van der Waals surface area contributed by atoms with Gasteiger partial charge in [0.1, 0.15) is 0 Å². The van der Waals surface area contributed by atoms with Crippen molar-refractivity contribution in [2.45, 2.75) is 38.7 Å². The number of piperidine rings is 1. The molecule has 1 saturated heterocycles. The van der Waals surface area contributed by atoms with Crippen LogP contribution in [0.4, 0.5) is 0 Å². The monoisotopic (exact) mass is 422 g/mol. The molecule has 1 aliphatic heterocycles. The van der Waals surface area contributed by atoms with E-state index in [0.29, 0.717) is 44.3 Å². The first-order chi connectivity index (χ1) is 13.7. The number of para-hydroxylation sites is 1. The van der Waals surface area contributed by atoms with E-state index in [-0.39, 0.29) is 24.4 Å². The minimum Gasteiger partial charge on any atom is -0.489 e. The predicted molar refractivity (Wildman–Crippen MR) is 115 cm³/mol. The van der Waals surface area contributed by atoms with Crippen molar-refractivity contribution in [1.29, 1.82) is 0 Å². The third-order valence-electron chi connectivity index (χ3n) is 4.80. The maximum absolute atomic E-state index is 13.1. The van der Waals surface area contributed by atoms with Gasteiger partial charge in [-0.15, -0.1) is 12.4 Å². The first kappa shape index (κ1) is 23.2. The van der Waals surface area contributed by atoms with Gasteiger partial charge in [0, 0.05) is 19.7 Å². The minimum absolute atomic E-state index is 0. The summed E-state index contributed by atoms with van der Waals surface area (Å²) in [5, 5.41) is 4.54. The average Bonchev–Trinajstić information content (AvgIpc) is 3.17. The Morgan fingerprint density at radius 3 is 2.59 bits per heavy atom. The highest BCUT2D eigenvalue weighted by Gasteiger charge is 2.28. The molecule has 0 radical (unpaired) electrons. The van der Waals surface area contributed by atoms with Crippen LogP contribution in [-0.4, -0.2) is 59.5 Å². The number of rotatable bonds is 9. The molecule has 2 aromatic rings. The zero-order chi connectivity index (χ0) is 19.8. The molecular formula is C21H31ClN4O3. The summed E-state index contributed by atoms with van der Waals surface area (Å²) in [6.45, 7) is 5.25. The minimum atomic E-state index is -0.0822. The number of aromatic nitrogens is 2. The lowest BCUT2D eigenvalue weighted by Gasteiger charge is -2.31. The van der Waals surface area contributed by atoms with Gasteiger partial charge in [-0.1, -0.05) is 25.1 Å². The molecule has 0 bridgehead atoms. The third kappa shape index (κ3) is 6.19. The lowest BCUT2D eigenvalue weighted by atomic mass is 10.1. The Morgan fingerprint density at radius 2 is 1.93 bits per heavy atom. The van der Waals surface area contributed by atoms with Crippen LogP contribution in [0.15, 0.2) is 36.5 Å². The summed E-state index contributed by atoms with van der Waals surface area (Å²) >= 11 is 0. The van der Waals surface area contributed by atoms with Crippen LogP contribution in [0.5, 0.6) is 5.75 Å². The van der Waals surface area contributed by atoms with Gasteiger partial charge in [-0.25, -0.2) is 4.68 Å². The fourth-order valence-corrected chi connectivity index (χ4v) is 3.25. The number of hydrogen-bond donors (Lipinski definition) is 1. The second kappa shape index (κ2) is 11.8. The van der Waals surface area contributed by atoms with Gasteiger partial charge in [0.05, 0.1) is 24.6 Å². The quantitative estimate of drug-likeness (QED) is 0.628. The van der Waals surface area contributed by atoms with E-state index in [1.165, 1.54) is 0 Å². The average molecular weight is 423 g/mol. The number of halogens is 1. The van der Waals surface area contributed by atoms with E-state index in [4.69, 9.17) is 15.2 Å². The van der Waals surface area contributed by atoms with E-state index in [2.05, 4.69) is 5.10 Å². The molecule has 3 rings (SSSR count). The first-order valence-corrected chi connectivity index (χ1v) is 10.1. The Bertz CT molecular complexity index is 746. The number of carbonyl (C=O) groups excluding carboxylic acids is 1. The molecule has 0 atom stereocenters. The second-order valence-corrected chi connectivity index (χ2v) is 6.98. The van der Waals surface area contributed by atoms with Gasteiger partial charge in [0.15, 0.2) is 11.4 Å². The van der Waals surface area contributed by atoms with Crippen molar-refractivity contribution in [1.82, 2.24) is 14.7 Å². The molecule has 160 valence electrons. The highest BCUT2D eigenvalue weighted by atomic mass is 35.5. The summed E-state index contributed by atoms with van der Waals surface area (Å²) in [5.74, 6) is 0.457. The summed E-state index contributed by atoms with van der Waals surface area (Å²) in [5.41, 5.74) is 6.78. The topological polar surface area (TPSA) is 82.6 Å². The molecule has 1 fully saturated rings. The fourth-order valence-electron chi connectivity index (χ4n) is 3.25. The summed E-state index contributed by atoms with van der Waals surface area (Å²) in [4.78, 5) is 15.0. The van der Waals surface area contributed by atoms with Crippen LogP contribution in [0.25, 0.3) is 5.69 Å². The standard InChI is InChI=1S/C21H30N4O3.ClH/c1-2-14-28-19-16-25(17-7-4-3-5-8-17)23-20(19)21(26)24-12-9-18(10-13-24)27-15-6-11-22;/h3-5,7-8,16,18H,2,6,9-15,22H2,1H3;1H. The number of amides is 1. The zero-order valence-corrected chi connectivity index (χ0v) is 17.8. The Kier molecular flexibility index (Phi) is 9.44. The van der Waals surface area contributed by atoms with Gasteiger partial charge >= 0.3 is 0 Å². The molecule has 8 heteroatoms.